The molecule has 2 heterocycles. The Morgan fingerprint density at radius 3 is 2.75 bits per heavy atom. The Labute approximate surface area is 135 Å². The van der Waals surface area contributed by atoms with E-state index in [2.05, 4.69) is 66.3 Å². The van der Waals surface area contributed by atoms with Crippen molar-refractivity contribution in [3.05, 3.63) is 16.9 Å². The molecule has 1 fully saturated rings. The van der Waals surface area contributed by atoms with E-state index in [4.69, 9.17) is 11.6 Å². The lowest BCUT2D eigenvalue weighted by Crippen LogP contribution is -2.39. The Morgan fingerprint density at radius 2 is 2.15 bits per heavy atom. The molecule has 6 heteroatoms. The number of thioether (sulfide) groups is 2. The molecule has 3 nitrogen and oxygen atoms in total. The van der Waals surface area contributed by atoms with E-state index >= 15 is 0 Å². The third kappa shape index (κ3) is 3.49. The maximum absolute atomic E-state index is 6.45. The molecular weight excluding hydrogens is 310 g/mol. The van der Waals surface area contributed by atoms with Gasteiger partial charge in [0.25, 0.3) is 0 Å². The van der Waals surface area contributed by atoms with Crippen LogP contribution in [-0.2, 0) is 0 Å². The van der Waals surface area contributed by atoms with Crippen LogP contribution in [0, 0.1) is 0 Å². The first kappa shape index (κ1) is 16.5. The average Bonchev–Trinajstić information content (AvgIpc) is 2.79. The van der Waals surface area contributed by atoms with E-state index in [0.717, 1.165) is 17.3 Å². The van der Waals surface area contributed by atoms with Gasteiger partial charge in [-0.1, -0.05) is 25.4 Å². The second-order valence-electron chi connectivity index (χ2n) is 5.36. The van der Waals surface area contributed by atoms with Crippen LogP contribution in [0.1, 0.15) is 45.5 Å². The van der Waals surface area contributed by atoms with Crippen molar-refractivity contribution in [3.63, 3.8) is 0 Å². The molecule has 1 N–H and O–H groups in total. The van der Waals surface area contributed by atoms with Crippen LogP contribution >= 0.6 is 35.1 Å². The van der Waals surface area contributed by atoms with Gasteiger partial charge in [0.15, 0.2) is 0 Å². The molecule has 0 saturated carbocycles. The predicted molar refractivity (Wildman–Crippen MR) is 92.2 cm³/mol. The number of aromatic nitrogens is 2. The lowest BCUT2D eigenvalue weighted by Gasteiger charge is -2.35. The van der Waals surface area contributed by atoms with Crippen LogP contribution in [0.4, 0.5) is 0 Å². The predicted octanol–water partition coefficient (Wildman–Crippen LogP) is 4.01. The molecule has 3 unspecified atom stereocenters. The molecule has 0 bridgehead atoms. The van der Waals surface area contributed by atoms with Crippen molar-refractivity contribution in [2.45, 2.75) is 50.3 Å². The topological polar surface area (TPSA) is 29.9 Å². The summed E-state index contributed by atoms with van der Waals surface area (Å²) in [6.45, 7) is 9.74. The Hall–Kier alpha value is 0.160. The van der Waals surface area contributed by atoms with Crippen molar-refractivity contribution in [2.75, 3.05) is 18.1 Å². The van der Waals surface area contributed by atoms with E-state index < -0.39 is 0 Å². The number of hydrogen-bond acceptors (Lipinski definition) is 4. The molecule has 1 aliphatic rings. The fraction of sp³-hybridized carbons (Fsp3) is 0.786. The summed E-state index contributed by atoms with van der Waals surface area (Å²) in [6.07, 6.45) is 1.78. The minimum Gasteiger partial charge on any atom is -0.308 e. The largest absolute Gasteiger partial charge is 0.308 e. The third-order valence-corrected chi connectivity index (χ3v) is 7.05. The zero-order chi connectivity index (χ0) is 14.7. The van der Waals surface area contributed by atoms with Gasteiger partial charge in [0, 0.05) is 28.0 Å². The maximum atomic E-state index is 6.45. The molecule has 1 aromatic rings. The molecule has 0 aromatic carbocycles. The summed E-state index contributed by atoms with van der Waals surface area (Å²) in [6, 6.07) is 0.598. The molecule has 1 aromatic heterocycles. The van der Waals surface area contributed by atoms with Gasteiger partial charge in [-0.25, -0.2) is 0 Å². The highest BCUT2D eigenvalue weighted by molar-refractivity contribution is 8.07. The molecule has 20 heavy (non-hydrogen) atoms. The van der Waals surface area contributed by atoms with E-state index in [-0.39, 0.29) is 6.04 Å². The third-order valence-electron chi connectivity index (χ3n) is 3.56. The van der Waals surface area contributed by atoms with Gasteiger partial charge in [-0.15, -0.1) is 0 Å². The molecule has 114 valence electrons. The van der Waals surface area contributed by atoms with Crippen molar-refractivity contribution in [3.8, 4) is 0 Å². The minimum atomic E-state index is 0.269. The molecule has 0 radical (unpaired) electrons. The fourth-order valence-corrected chi connectivity index (χ4v) is 5.83. The second kappa shape index (κ2) is 7.43. The van der Waals surface area contributed by atoms with Gasteiger partial charge < -0.3 is 5.32 Å². The van der Waals surface area contributed by atoms with E-state index in [1.165, 1.54) is 11.5 Å². The molecule has 2 rings (SSSR count). The quantitative estimate of drug-likeness (QED) is 0.882. The minimum absolute atomic E-state index is 0.269. The first-order valence-corrected chi connectivity index (χ1v) is 9.73. The van der Waals surface area contributed by atoms with E-state index in [9.17, 15) is 0 Å². The average molecular weight is 334 g/mol. The number of nitrogens with one attached hydrogen (secondary N) is 1. The molecule has 0 spiro atoms. The molecule has 3 atom stereocenters. The zero-order valence-electron chi connectivity index (χ0n) is 12.6. The van der Waals surface area contributed by atoms with Crippen LogP contribution < -0.4 is 5.32 Å². The summed E-state index contributed by atoms with van der Waals surface area (Å²) in [5.74, 6) is 2.47. The van der Waals surface area contributed by atoms with Gasteiger partial charge >= 0.3 is 0 Å². The van der Waals surface area contributed by atoms with Crippen molar-refractivity contribution in [1.82, 2.24) is 15.1 Å². The van der Waals surface area contributed by atoms with Crippen LogP contribution in [-0.4, -0.2) is 38.3 Å². The van der Waals surface area contributed by atoms with Crippen LogP contribution in [0.15, 0.2) is 6.20 Å². The smallest absolute Gasteiger partial charge is 0.0834 e. The molecule has 1 saturated heterocycles. The number of hydrogen-bond donors (Lipinski definition) is 1. The van der Waals surface area contributed by atoms with Crippen LogP contribution in [0.3, 0.4) is 0 Å². The molecule has 1 aliphatic heterocycles. The summed E-state index contributed by atoms with van der Waals surface area (Å²) in [7, 11) is 0. The summed E-state index contributed by atoms with van der Waals surface area (Å²) < 4.78 is 2.07. The number of rotatable bonds is 5. The Kier molecular flexibility index (Phi) is 6.14. The van der Waals surface area contributed by atoms with Gasteiger partial charge in [-0.3, -0.25) is 4.68 Å². The zero-order valence-corrected chi connectivity index (χ0v) is 15.0. The van der Waals surface area contributed by atoms with E-state index in [0.29, 0.717) is 16.5 Å². The first-order valence-electron chi connectivity index (χ1n) is 7.25. The highest BCUT2D eigenvalue weighted by Gasteiger charge is 2.34. The fourth-order valence-electron chi connectivity index (χ4n) is 2.66. The summed E-state index contributed by atoms with van der Waals surface area (Å²) in [5.41, 5.74) is 1.15. The van der Waals surface area contributed by atoms with E-state index in [1.54, 1.807) is 6.20 Å². The van der Waals surface area contributed by atoms with E-state index in [1.807, 2.05) is 0 Å². The highest BCUT2D eigenvalue weighted by Crippen LogP contribution is 2.40. The van der Waals surface area contributed by atoms with Crippen molar-refractivity contribution in [1.29, 1.82) is 0 Å². The Bertz CT molecular complexity index is 436. The maximum Gasteiger partial charge on any atom is 0.0834 e. The lowest BCUT2D eigenvalue weighted by atomic mass is 10.1. The van der Waals surface area contributed by atoms with Crippen LogP contribution in [0.25, 0.3) is 0 Å². The standard InChI is InChI=1S/C14H24ClN3S2/c1-5-16-12(14-10(4)19-6-7-20-14)13-11(15)8-17-18(13)9(2)3/h8-10,12,14,16H,5-7H2,1-4H3. The van der Waals surface area contributed by atoms with Gasteiger partial charge in [-0.2, -0.15) is 28.6 Å². The van der Waals surface area contributed by atoms with Gasteiger partial charge in [0.1, 0.15) is 0 Å². The first-order chi connectivity index (χ1) is 9.56. The van der Waals surface area contributed by atoms with Crippen molar-refractivity contribution >= 4 is 35.1 Å². The van der Waals surface area contributed by atoms with Crippen LogP contribution in [0.5, 0.6) is 0 Å². The van der Waals surface area contributed by atoms with Gasteiger partial charge in [-0.05, 0) is 20.4 Å². The van der Waals surface area contributed by atoms with Crippen molar-refractivity contribution < 1.29 is 0 Å². The monoisotopic (exact) mass is 333 g/mol. The number of halogens is 1. The van der Waals surface area contributed by atoms with Gasteiger partial charge in [0.05, 0.1) is 23.0 Å². The summed E-state index contributed by atoms with van der Waals surface area (Å²) in [5, 5.41) is 10.1. The highest BCUT2D eigenvalue weighted by atomic mass is 35.5. The van der Waals surface area contributed by atoms with Crippen molar-refractivity contribution in [2.24, 2.45) is 0 Å². The molecule has 0 amide bonds. The summed E-state index contributed by atoms with van der Waals surface area (Å²) in [4.78, 5) is 0. The molecular formula is C14H24ClN3S2. The van der Waals surface area contributed by atoms with Crippen LogP contribution in [0.2, 0.25) is 5.02 Å². The lowest BCUT2D eigenvalue weighted by molar-refractivity contribution is 0.439. The Balaban J connectivity index is 2.34. The number of nitrogens with zero attached hydrogens (tertiary/aromatic N) is 2. The normalized spacial score (nSPS) is 25.1. The summed E-state index contributed by atoms with van der Waals surface area (Å²) >= 11 is 10.6. The molecule has 0 aliphatic carbocycles. The van der Waals surface area contributed by atoms with Gasteiger partial charge in [0.2, 0.25) is 0 Å². The SMILES string of the molecule is CCNC(c1c(Cl)cnn1C(C)C)C1SCCSC1C. The Morgan fingerprint density at radius 1 is 1.45 bits per heavy atom. The second-order valence-corrected chi connectivity index (χ2v) is 8.54.